The molecule has 3 amide bonds. The van der Waals surface area contributed by atoms with Crippen LogP contribution in [0, 0.1) is 11.3 Å². The molecular weight excluding hydrogens is 576 g/mol. The van der Waals surface area contributed by atoms with Crippen LogP contribution >= 0.6 is 0 Å². The van der Waals surface area contributed by atoms with E-state index >= 15 is 0 Å². The molecule has 2 aromatic rings. The molecule has 0 aromatic heterocycles. The lowest BCUT2D eigenvalue weighted by atomic mass is 9.76. The van der Waals surface area contributed by atoms with Gasteiger partial charge in [0.25, 0.3) is 11.8 Å². The van der Waals surface area contributed by atoms with E-state index < -0.39 is 5.41 Å². The third kappa shape index (κ3) is 9.36. The Morgan fingerprint density at radius 3 is 2.58 bits per heavy atom. The summed E-state index contributed by atoms with van der Waals surface area (Å²) in [6.45, 7) is 2.67. The van der Waals surface area contributed by atoms with Gasteiger partial charge < -0.3 is 34.6 Å². The standard InChI is InChI=1S/C34H46N4O7/c1-5-44-33(42)34(20-24-11-12-24)21-25-13-14-28(43-4)29(18-25)45-22-31(40)35-15-17-38(16-7-10-30(39)36-23-34)32(41)26-8-6-9-27(19-26)37(2)3/h6,8-9,13-14,18-19,24H,5,7,10-12,15-17,20-23H2,1-4H3,(H,35,40)(H,36,39). The third-order valence-electron chi connectivity index (χ3n) is 8.27. The molecule has 11 nitrogen and oxygen atoms in total. The molecule has 244 valence electrons. The Hall–Kier alpha value is -4.28. The number of ether oxygens (including phenoxy) is 3. The first kappa shape index (κ1) is 33.6. The minimum atomic E-state index is -0.971. The quantitative estimate of drug-likeness (QED) is 0.451. The SMILES string of the molecule is CCOC(=O)C1(CC2CC2)CNC(=O)CCCN(C(=O)c2cccc(N(C)C)c2)CCNC(=O)COc2cc(ccc2OC)C1. The van der Waals surface area contributed by atoms with E-state index in [4.69, 9.17) is 14.2 Å². The highest BCUT2D eigenvalue weighted by Crippen LogP contribution is 2.43. The fourth-order valence-electron chi connectivity index (χ4n) is 5.65. The molecule has 1 atom stereocenters. The maximum atomic E-state index is 13.6. The fraction of sp³-hybridized carbons (Fsp3) is 0.529. The smallest absolute Gasteiger partial charge is 0.314 e. The van der Waals surface area contributed by atoms with Crippen molar-refractivity contribution >= 4 is 29.4 Å². The topological polar surface area (TPSA) is 127 Å². The number of fused-ring (bicyclic) bond motifs is 2. The highest BCUT2D eigenvalue weighted by molar-refractivity contribution is 5.95. The molecule has 2 aromatic carbocycles. The predicted molar refractivity (Wildman–Crippen MR) is 171 cm³/mol. The zero-order chi connectivity index (χ0) is 32.4. The zero-order valence-corrected chi connectivity index (χ0v) is 26.9. The number of nitrogens with zero attached hydrogens (tertiary/aromatic N) is 2. The van der Waals surface area contributed by atoms with Crippen molar-refractivity contribution in [3.8, 4) is 11.5 Å². The summed E-state index contributed by atoms with van der Waals surface area (Å²) in [6, 6.07) is 12.7. The van der Waals surface area contributed by atoms with E-state index in [9.17, 15) is 19.2 Å². The molecule has 0 radical (unpaired) electrons. The Morgan fingerprint density at radius 2 is 1.87 bits per heavy atom. The molecule has 1 heterocycles. The Balaban J connectivity index is 1.60. The van der Waals surface area contributed by atoms with Crippen LogP contribution in [0.5, 0.6) is 11.5 Å². The minimum Gasteiger partial charge on any atom is -0.493 e. The number of methoxy groups -OCH3 is 1. The van der Waals surface area contributed by atoms with Gasteiger partial charge in [0, 0.05) is 57.9 Å². The largest absolute Gasteiger partial charge is 0.493 e. The van der Waals surface area contributed by atoms with Crippen molar-refractivity contribution in [3.63, 3.8) is 0 Å². The number of anilines is 1. The normalized spacial score (nSPS) is 20.0. The van der Waals surface area contributed by atoms with E-state index in [1.54, 1.807) is 30.0 Å². The molecule has 11 heteroatoms. The molecule has 2 aliphatic rings. The monoisotopic (exact) mass is 622 g/mol. The second kappa shape index (κ2) is 15.6. The first-order chi connectivity index (χ1) is 21.6. The first-order valence-corrected chi connectivity index (χ1v) is 15.7. The van der Waals surface area contributed by atoms with Crippen molar-refractivity contribution in [1.82, 2.24) is 15.5 Å². The molecule has 45 heavy (non-hydrogen) atoms. The molecule has 1 unspecified atom stereocenters. The van der Waals surface area contributed by atoms with Gasteiger partial charge in [-0.15, -0.1) is 0 Å². The third-order valence-corrected chi connectivity index (χ3v) is 8.27. The molecule has 0 spiro atoms. The van der Waals surface area contributed by atoms with Crippen molar-refractivity contribution in [2.75, 3.05) is 65.5 Å². The minimum absolute atomic E-state index is 0.131. The van der Waals surface area contributed by atoms with Gasteiger partial charge in [0.1, 0.15) is 0 Å². The van der Waals surface area contributed by atoms with E-state index in [2.05, 4.69) is 10.6 Å². The average molecular weight is 623 g/mol. The zero-order valence-electron chi connectivity index (χ0n) is 26.9. The van der Waals surface area contributed by atoms with Crippen LogP contribution in [0.25, 0.3) is 0 Å². The Kier molecular flexibility index (Phi) is 11.7. The first-order valence-electron chi connectivity index (χ1n) is 15.7. The number of amides is 3. The summed E-state index contributed by atoms with van der Waals surface area (Å²) in [5.41, 5.74) is 1.25. The molecule has 1 aliphatic heterocycles. The number of hydrogen-bond donors (Lipinski definition) is 2. The van der Waals surface area contributed by atoms with E-state index in [0.29, 0.717) is 48.8 Å². The summed E-state index contributed by atoms with van der Waals surface area (Å²) >= 11 is 0. The van der Waals surface area contributed by atoms with Crippen molar-refractivity contribution < 1.29 is 33.4 Å². The van der Waals surface area contributed by atoms with Gasteiger partial charge in [0.05, 0.1) is 19.1 Å². The van der Waals surface area contributed by atoms with Gasteiger partial charge in [-0.3, -0.25) is 19.2 Å². The van der Waals surface area contributed by atoms with Crippen LogP contribution in [-0.2, 0) is 25.5 Å². The molecular formula is C34H46N4O7. The Labute approximate surface area is 265 Å². The number of esters is 1. The molecule has 4 rings (SSSR count). The molecule has 2 bridgehead atoms. The van der Waals surface area contributed by atoms with Crippen LogP contribution < -0.4 is 25.0 Å². The maximum absolute atomic E-state index is 13.6. The summed E-state index contributed by atoms with van der Waals surface area (Å²) < 4.78 is 16.9. The van der Waals surface area contributed by atoms with Crippen LogP contribution in [-0.4, -0.2) is 89.2 Å². The number of nitrogens with one attached hydrogen (secondary N) is 2. The highest BCUT2D eigenvalue weighted by atomic mass is 16.5. The Bertz CT molecular complexity index is 1360. The number of hydrogen-bond acceptors (Lipinski definition) is 8. The lowest BCUT2D eigenvalue weighted by Crippen LogP contribution is -2.46. The van der Waals surface area contributed by atoms with Gasteiger partial charge in [-0.2, -0.15) is 0 Å². The van der Waals surface area contributed by atoms with E-state index in [-0.39, 0.29) is 63.0 Å². The molecule has 2 N–H and O–H groups in total. The number of carbonyl (C=O) groups is 4. The lowest BCUT2D eigenvalue weighted by Gasteiger charge is -2.32. The van der Waals surface area contributed by atoms with Gasteiger partial charge >= 0.3 is 5.97 Å². The van der Waals surface area contributed by atoms with E-state index in [1.165, 1.54) is 7.11 Å². The summed E-state index contributed by atoms with van der Waals surface area (Å²) in [4.78, 5) is 56.6. The average Bonchev–Trinajstić information content (AvgIpc) is 3.85. The predicted octanol–water partition coefficient (Wildman–Crippen LogP) is 3.20. The van der Waals surface area contributed by atoms with E-state index in [0.717, 1.165) is 24.1 Å². The Morgan fingerprint density at radius 1 is 1.07 bits per heavy atom. The van der Waals surface area contributed by atoms with Crippen LogP contribution in [0.2, 0.25) is 0 Å². The number of carbonyl (C=O) groups excluding carboxylic acids is 4. The van der Waals surface area contributed by atoms with Crippen molar-refractivity contribution in [2.45, 2.75) is 45.4 Å². The molecule has 1 aliphatic carbocycles. The maximum Gasteiger partial charge on any atom is 0.314 e. The number of rotatable bonds is 7. The fourth-order valence-corrected chi connectivity index (χ4v) is 5.65. The van der Waals surface area contributed by atoms with Gasteiger partial charge in [0.15, 0.2) is 18.1 Å². The molecule has 1 saturated carbocycles. The van der Waals surface area contributed by atoms with Crippen molar-refractivity contribution in [2.24, 2.45) is 11.3 Å². The molecule has 0 saturated heterocycles. The van der Waals surface area contributed by atoms with Gasteiger partial charge in [-0.1, -0.05) is 25.0 Å². The van der Waals surface area contributed by atoms with Crippen LogP contribution in [0.1, 0.15) is 54.9 Å². The van der Waals surface area contributed by atoms with Crippen molar-refractivity contribution in [1.29, 1.82) is 0 Å². The summed E-state index contributed by atoms with van der Waals surface area (Å²) in [6.07, 6.45) is 3.56. The summed E-state index contributed by atoms with van der Waals surface area (Å²) in [7, 11) is 5.33. The van der Waals surface area contributed by atoms with Gasteiger partial charge in [-0.05, 0) is 68.0 Å². The van der Waals surface area contributed by atoms with Gasteiger partial charge in [-0.25, -0.2) is 0 Å². The van der Waals surface area contributed by atoms with Crippen molar-refractivity contribution in [3.05, 3.63) is 53.6 Å². The van der Waals surface area contributed by atoms with Gasteiger partial charge in [0.2, 0.25) is 5.91 Å². The second-order valence-electron chi connectivity index (χ2n) is 12.1. The van der Waals surface area contributed by atoms with Crippen LogP contribution in [0.15, 0.2) is 42.5 Å². The van der Waals surface area contributed by atoms with Crippen LogP contribution in [0.4, 0.5) is 5.69 Å². The van der Waals surface area contributed by atoms with E-state index in [1.807, 2.05) is 43.3 Å². The number of benzene rings is 2. The highest BCUT2D eigenvalue weighted by Gasteiger charge is 2.44. The second-order valence-corrected chi connectivity index (χ2v) is 12.1. The van der Waals surface area contributed by atoms with Crippen LogP contribution in [0.3, 0.4) is 0 Å². The summed E-state index contributed by atoms with van der Waals surface area (Å²) in [5.74, 6) is 0.126. The lowest BCUT2D eigenvalue weighted by molar-refractivity contribution is -0.156. The molecule has 1 fully saturated rings. The summed E-state index contributed by atoms with van der Waals surface area (Å²) in [5, 5.41) is 5.85.